The van der Waals surface area contributed by atoms with Gasteiger partial charge in [-0.05, 0) is 68.3 Å². The van der Waals surface area contributed by atoms with E-state index in [0.29, 0.717) is 24.3 Å². The molecule has 0 aliphatic heterocycles. The van der Waals surface area contributed by atoms with Gasteiger partial charge in [-0.25, -0.2) is 4.39 Å². The third kappa shape index (κ3) is 8.35. The van der Waals surface area contributed by atoms with Crippen molar-refractivity contribution in [1.82, 2.24) is 10.2 Å². The molecular formula is C27H45FN2O. The van der Waals surface area contributed by atoms with E-state index in [1.54, 1.807) is 0 Å². The third-order valence-corrected chi connectivity index (χ3v) is 7.88. The standard InChI is InChI=1S/C27H45FN2O/c1-3-5-19-31-27-18-17-25(29-30-27)16-13-22-7-9-23(10-8-22)20-26(28)24-14-11-21(6-4-2)12-15-24/h17-18,21-24,26H,3-16,19-20H2,1-2H3/t21-,22-,23-,24-,26?. The highest BCUT2D eigenvalue weighted by molar-refractivity contribution is 5.11. The van der Waals surface area contributed by atoms with E-state index < -0.39 is 6.17 Å². The van der Waals surface area contributed by atoms with Gasteiger partial charge in [0, 0.05) is 6.07 Å². The minimum Gasteiger partial charge on any atom is -0.477 e. The van der Waals surface area contributed by atoms with E-state index in [0.717, 1.165) is 56.1 Å². The molecule has 176 valence electrons. The SMILES string of the molecule is CCCCOc1ccc(CC[C@H]2CC[C@H](CC(F)[C@H]3CC[C@H](CCC)CC3)CC2)nn1. The van der Waals surface area contributed by atoms with Crippen LogP contribution in [-0.4, -0.2) is 23.0 Å². The van der Waals surface area contributed by atoms with Gasteiger partial charge in [-0.15, -0.1) is 5.10 Å². The smallest absolute Gasteiger partial charge is 0.233 e. The predicted molar refractivity (Wildman–Crippen MR) is 126 cm³/mol. The summed E-state index contributed by atoms with van der Waals surface area (Å²) in [7, 11) is 0. The molecule has 3 nitrogen and oxygen atoms in total. The molecule has 0 spiro atoms. The number of aromatic nitrogens is 2. The Morgan fingerprint density at radius 2 is 1.55 bits per heavy atom. The van der Waals surface area contributed by atoms with Crippen molar-refractivity contribution in [3.8, 4) is 5.88 Å². The van der Waals surface area contributed by atoms with Crippen LogP contribution in [0.3, 0.4) is 0 Å². The number of rotatable bonds is 12. The number of hydrogen-bond donors (Lipinski definition) is 0. The fourth-order valence-electron chi connectivity index (χ4n) is 5.74. The largest absolute Gasteiger partial charge is 0.477 e. The van der Waals surface area contributed by atoms with Crippen molar-refractivity contribution in [3.05, 3.63) is 17.8 Å². The van der Waals surface area contributed by atoms with Gasteiger partial charge < -0.3 is 4.74 Å². The maximum Gasteiger partial charge on any atom is 0.233 e. The molecule has 31 heavy (non-hydrogen) atoms. The Morgan fingerprint density at radius 3 is 2.19 bits per heavy atom. The molecule has 4 heteroatoms. The number of unbranched alkanes of at least 4 members (excludes halogenated alkanes) is 1. The molecule has 1 heterocycles. The average molecular weight is 433 g/mol. The summed E-state index contributed by atoms with van der Waals surface area (Å²) in [5, 5.41) is 8.54. The molecule has 2 fully saturated rings. The van der Waals surface area contributed by atoms with E-state index in [1.807, 2.05) is 6.07 Å². The molecule has 2 aliphatic carbocycles. The van der Waals surface area contributed by atoms with Crippen LogP contribution in [-0.2, 0) is 6.42 Å². The van der Waals surface area contributed by atoms with Gasteiger partial charge in [-0.2, -0.15) is 5.10 Å². The number of aryl methyl sites for hydroxylation is 1. The van der Waals surface area contributed by atoms with Crippen LogP contribution in [0, 0.1) is 23.7 Å². The summed E-state index contributed by atoms with van der Waals surface area (Å²) in [6.07, 6.45) is 17.0. The van der Waals surface area contributed by atoms with Crippen molar-refractivity contribution >= 4 is 0 Å². The van der Waals surface area contributed by atoms with Crippen molar-refractivity contribution in [2.24, 2.45) is 23.7 Å². The van der Waals surface area contributed by atoms with Crippen LogP contribution in [0.2, 0.25) is 0 Å². The molecule has 0 amide bonds. The molecule has 0 saturated heterocycles. The first-order valence-electron chi connectivity index (χ1n) is 13.3. The monoisotopic (exact) mass is 432 g/mol. The lowest BCUT2D eigenvalue weighted by atomic mass is 9.73. The van der Waals surface area contributed by atoms with Crippen molar-refractivity contribution in [2.45, 2.75) is 116 Å². The maximum absolute atomic E-state index is 15.0. The van der Waals surface area contributed by atoms with E-state index >= 15 is 0 Å². The second-order valence-electron chi connectivity index (χ2n) is 10.3. The lowest BCUT2D eigenvalue weighted by Gasteiger charge is -2.34. The summed E-state index contributed by atoms with van der Waals surface area (Å²) in [5.74, 6) is 3.23. The minimum atomic E-state index is -0.558. The summed E-state index contributed by atoms with van der Waals surface area (Å²) in [6, 6.07) is 4.01. The number of halogens is 1. The van der Waals surface area contributed by atoms with Crippen molar-refractivity contribution in [2.75, 3.05) is 6.61 Å². The zero-order valence-electron chi connectivity index (χ0n) is 20.0. The molecule has 1 unspecified atom stereocenters. The first-order valence-corrected chi connectivity index (χ1v) is 13.3. The van der Waals surface area contributed by atoms with Crippen LogP contribution in [0.5, 0.6) is 5.88 Å². The normalized spacial score (nSPS) is 27.7. The van der Waals surface area contributed by atoms with Gasteiger partial charge in [0.25, 0.3) is 0 Å². The molecule has 2 aliphatic rings. The zero-order valence-corrected chi connectivity index (χ0v) is 20.0. The first kappa shape index (κ1) is 24.5. The fraction of sp³-hybridized carbons (Fsp3) is 0.852. The molecule has 0 radical (unpaired) electrons. The Balaban J connectivity index is 1.30. The fourth-order valence-corrected chi connectivity index (χ4v) is 5.74. The maximum atomic E-state index is 15.0. The Bertz CT molecular complexity index is 592. The number of ether oxygens (including phenoxy) is 1. The van der Waals surface area contributed by atoms with E-state index in [-0.39, 0.29) is 0 Å². The molecule has 0 aromatic carbocycles. The van der Waals surface area contributed by atoms with Crippen molar-refractivity contribution in [1.29, 1.82) is 0 Å². The number of hydrogen-bond acceptors (Lipinski definition) is 3. The molecule has 1 aromatic rings. The van der Waals surface area contributed by atoms with Crippen molar-refractivity contribution in [3.63, 3.8) is 0 Å². The Hall–Kier alpha value is -1.19. The second kappa shape index (κ2) is 13.4. The van der Waals surface area contributed by atoms with Gasteiger partial charge in [-0.1, -0.05) is 71.6 Å². The highest BCUT2D eigenvalue weighted by Gasteiger charge is 2.30. The summed E-state index contributed by atoms with van der Waals surface area (Å²) in [6.45, 7) is 5.14. The molecule has 2 saturated carbocycles. The van der Waals surface area contributed by atoms with Crippen LogP contribution in [0.25, 0.3) is 0 Å². The molecule has 0 N–H and O–H groups in total. The topological polar surface area (TPSA) is 35.0 Å². The van der Waals surface area contributed by atoms with Gasteiger partial charge in [0.05, 0.1) is 12.3 Å². The summed E-state index contributed by atoms with van der Waals surface area (Å²) in [4.78, 5) is 0. The molecule has 1 atom stereocenters. The molecule has 0 bridgehead atoms. The van der Waals surface area contributed by atoms with Crippen LogP contribution in [0.1, 0.15) is 109 Å². The Morgan fingerprint density at radius 1 is 0.871 bits per heavy atom. The highest BCUT2D eigenvalue weighted by Crippen LogP contribution is 2.39. The Labute approximate surface area is 190 Å². The van der Waals surface area contributed by atoms with Crippen LogP contribution in [0.4, 0.5) is 4.39 Å². The zero-order chi connectivity index (χ0) is 21.9. The summed E-state index contributed by atoms with van der Waals surface area (Å²) in [5.41, 5.74) is 1.06. The van der Waals surface area contributed by atoms with E-state index in [2.05, 4.69) is 30.1 Å². The van der Waals surface area contributed by atoms with Crippen LogP contribution in [0.15, 0.2) is 12.1 Å². The predicted octanol–water partition coefficient (Wildman–Crippen LogP) is 7.73. The minimum absolute atomic E-state index is 0.346. The van der Waals surface area contributed by atoms with Crippen molar-refractivity contribution < 1.29 is 9.13 Å². The lowest BCUT2D eigenvalue weighted by molar-refractivity contribution is 0.114. The van der Waals surface area contributed by atoms with Gasteiger partial charge in [0.2, 0.25) is 5.88 Å². The van der Waals surface area contributed by atoms with Gasteiger partial charge in [0.15, 0.2) is 0 Å². The third-order valence-electron chi connectivity index (χ3n) is 7.88. The average Bonchev–Trinajstić information content (AvgIpc) is 2.80. The van der Waals surface area contributed by atoms with E-state index in [4.69, 9.17) is 4.74 Å². The second-order valence-corrected chi connectivity index (χ2v) is 10.3. The first-order chi connectivity index (χ1) is 15.2. The number of nitrogens with zero attached hydrogens (tertiary/aromatic N) is 2. The summed E-state index contributed by atoms with van der Waals surface area (Å²) < 4.78 is 20.6. The van der Waals surface area contributed by atoms with E-state index in [1.165, 1.54) is 57.8 Å². The highest BCUT2D eigenvalue weighted by atomic mass is 19.1. The molecular weight excluding hydrogens is 387 g/mol. The summed E-state index contributed by atoms with van der Waals surface area (Å²) >= 11 is 0. The Kier molecular flexibility index (Phi) is 10.6. The molecule has 1 aromatic heterocycles. The van der Waals surface area contributed by atoms with Gasteiger partial charge in [-0.3, -0.25) is 0 Å². The van der Waals surface area contributed by atoms with Gasteiger partial charge in [0.1, 0.15) is 6.17 Å². The van der Waals surface area contributed by atoms with Crippen LogP contribution < -0.4 is 4.74 Å². The van der Waals surface area contributed by atoms with Crippen LogP contribution >= 0.6 is 0 Å². The van der Waals surface area contributed by atoms with E-state index in [9.17, 15) is 4.39 Å². The lowest BCUT2D eigenvalue weighted by Crippen LogP contribution is -2.26. The number of alkyl halides is 1. The molecule has 3 rings (SSSR count). The quantitative estimate of drug-likeness (QED) is 0.317. The van der Waals surface area contributed by atoms with Gasteiger partial charge >= 0.3 is 0 Å².